The number of esters is 1. The zero-order valence-electron chi connectivity index (χ0n) is 19.5. The van der Waals surface area contributed by atoms with Gasteiger partial charge >= 0.3 is 5.97 Å². The van der Waals surface area contributed by atoms with Crippen LogP contribution in [0.5, 0.6) is 0 Å². The molecule has 4 aliphatic carbocycles. The fraction of sp³-hybridized carbons (Fsp3) is 0.621. The summed E-state index contributed by atoms with van der Waals surface area (Å²) in [5, 5.41) is 0. The summed E-state index contributed by atoms with van der Waals surface area (Å²) in [4.78, 5) is 11.5. The number of benzene rings is 1. The van der Waals surface area contributed by atoms with Crippen molar-refractivity contribution in [2.75, 3.05) is 0 Å². The van der Waals surface area contributed by atoms with Gasteiger partial charge in [-0.15, -0.1) is 0 Å². The second-order valence-corrected chi connectivity index (χ2v) is 11.3. The number of carbonyl (C=O) groups is 1. The van der Waals surface area contributed by atoms with E-state index in [9.17, 15) is 4.79 Å². The van der Waals surface area contributed by atoms with Crippen LogP contribution in [0.1, 0.15) is 77.7 Å². The average Bonchev–Trinajstić information content (AvgIpc) is 3.09. The van der Waals surface area contributed by atoms with E-state index in [-0.39, 0.29) is 12.1 Å². The molecule has 0 N–H and O–H groups in total. The summed E-state index contributed by atoms with van der Waals surface area (Å²) in [6, 6.07) is 10.7. The highest BCUT2D eigenvalue weighted by Gasteiger charge is 2.58. The molecule has 0 amide bonds. The van der Waals surface area contributed by atoms with Gasteiger partial charge < -0.3 is 4.74 Å². The first-order valence-corrected chi connectivity index (χ1v) is 12.5. The molecule has 166 valence electrons. The molecule has 0 spiro atoms. The third-order valence-electron chi connectivity index (χ3n) is 9.85. The van der Waals surface area contributed by atoms with Gasteiger partial charge in [-0.1, -0.05) is 62.4 Å². The average molecular weight is 419 g/mol. The van der Waals surface area contributed by atoms with Crippen LogP contribution in [0.15, 0.2) is 48.1 Å². The van der Waals surface area contributed by atoms with Gasteiger partial charge in [0.1, 0.15) is 6.10 Å². The van der Waals surface area contributed by atoms with Crippen LogP contribution >= 0.6 is 0 Å². The number of ether oxygens (including phenoxy) is 1. The van der Waals surface area contributed by atoms with E-state index in [1.807, 2.05) is 0 Å². The predicted molar refractivity (Wildman–Crippen MR) is 126 cm³/mol. The van der Waals surface area contributed by atoms with E-state index in [1.165, 1.54) is 44.1 Å². The molecule has 2 heteroatoms. The van der Waals surface area contributed by atoms with Gasteiger partial charge in [0.05, 0.1) is 0 Å². The van der Waals surface area contributed by atoms with Gasteiger partial charge in [0.2, 0.25) is 0 Å². The van der Waals surface area contributed by atoms with E-state index in [4.69, 9.17) is 4.74 Å². The van der Waals surface area contributed by atoms with Crippen LogP contribution in [0, 0.1) is 34.5 Å². The molecule has 0 aromatic heterocycles. The number of fused-ring (bicyclic) bond motifs is 5. The zero-order chi connectivity index (χ0) is 21.6. The molecule has 7 atom stereocenters. The molecule has 0 saturated heterocycles. The van der Waals surface area contributed by atoms with Crippen molar-refractivity contribution in [3.05, 3.63) is 53.6 Å². The van der Waals surface area contributed by atoms with E-state index in [1.54, 1.807) is 12.5 Å². The lowest BCUT2D eigenvalue weighted by molar-refractivity contribution is -0.158. The maximum atomic E-state index is 11.5. The van der Waals surface area contributed by atoms with Crippen LogP contribution in [0.4, 0.5) is 0 Å². The van der Waals surface area contributed by atoms with Crippen LogP contribution in [0.25, 0.3) is 6.08 Å². The highest BCUT2D eigenvalue weighted by atomic mass is 16.5. The Morgan fingerprint density at radius 1 is 1.00 bits per heavy atom. The van der Waals surface area contributed by atoms with E-state index in [0.29, 0.717) is 10.8 Å². The molecule has 0 aliphatic heterocycles. The standard InChI is InChI=1S/C29H38O2/c1-20(30)31-24-15-17-29(3)23(19-24)11-13-25-26-14-12-22(28(26,2)18-16-27(25)29)10-9-21-7-5-4-6-8-21/h4-10,12,23-27H,11,13-19H2,1-3H3/t23-,24-,25+,26-,27+,28+,29+/m1/s1. The molecule has 3 saturated carbocycles. The molecular formula is C29H38O2. The lowest BCUT2D eigenvalue weighted by atomic mass is 9.44. The van der Waals surface area contributed by atoms with Crippen molar-refractivity contribution in [3.63, 3.8) is 0 Å². The van der Waals surface area contributed by atoms with Gasteiger partial charge in [-0.05, 0) is 97.0 Å². The van der Waals surface area contributed by atoms with Crippen molar-refractivity contribution in [1.82, 2.24) is 0 Å². The summed E-state index contributed by atoms with van der Waals surface area (Å²) in [5.41, 5.74) is 3.64. The molecule has 1 aromatic carbocycles. The Balaban J connectivity index is 1.32. The molecular weight excluding hydrogens is 380 g/mol. The Kier molecular flexibility index (Phi) is 5.39. The normalized spacial score (nSPS) is 41.8. The van der Waals surface area contributed by atoms with Crippen LogP contribution in [-0.4, -0.2) is 12.1 Å². The van der Waals surface area contributed by atoms with Crippen LogP contribution < -0.4 is 0 Å². The molecule has 3 fully saturated rings. The fourth-order valence-corrected chi connectivity index (χ4v) is 8.17. The van der Waals surface area contributed by atoms with Gasteiger partial charge in [-0.2, -0.15) is 0 Å². The van der Waals surface area contributed by atoms with Gasteiger partial charge in [-0.25, -0.2) is 0 Å². The molecule has 1 aromatic rings. The molecule has 0 heterocycles. The van der Waals surface area contributed by atoms with E-state index in [0.717, 1.165) is 36.5 Å². The molecule has 5 rings (SSSR count). The maximum absolute atomic E-state index is 11.5. The number of carbonyl (C=O) groups excluding carboxylic acids is 1. The second-order valence-electron chi connectivity index (χ2n) is 11.3. The van der Waals surface area contributed by atoms with Crippen LogP contribution in [0.2, 0.25) is 0 Å². The Morgan fingerprint density at radius 3 is 2.58 bits per heavy atom. The lowest BCUT2D eigenvalue weighted by Crippen LogP contribution is -2.53. The molecule has 0 radical (unpaired) electrons. The quantitative estimate of drug-likeness (QED) is 0.485. The number of hydrogen-bond acceptors (Lipinski definition) is 2. The van der Waals surface area contributed by atoms with Crippen molar-refractivity contribution in [1.29, 1.82) is 0 Å². The zero-order valence-corrected chi connectivity index (χ0v) is 19.5. The topological polar surface area (TPSA) is 26.3 Å². The highest BCUT2D eigenvalue weighted by Crippen LogP contribution is 2.66. The summed E-state index contributed by atoms with van der Waals surface area (Å²) in [6.45, 7) is 6.69. The predicted octanol–water partition coefficient (Wildman–Crippen LogP) is 7.21. The first-order chi connectivity index (χ1) is 14.9. The maximum Gasteiger partial charge on any atom is 0.302 e. The first kappa shape index (κ1) is 21.0. The van der Waals surface area contributed by atoms with Crippen molar-refractivity contribution in [3.8, 4) is 0 Å². The molecule has 2 nitrogen and oxygen atoms in total. The molecule has 0 unspecified atom stereocenters. The second kappa shape index (κ2) is 7.94. The summed E-state index contributed by atoms with van der Waals surface area (Å²) in [6.07, 6.45) is 17.4. The van der Waals surface area contributed by atoms with Gasteiger partial charge in [-0.3, -0.25) is 4.79 Å². The lowest BCUT2D eigenvalue weighted by Gasteiger charge is -2.60. The monoisotopic (exact) mass is 418 g/mol. The third-order valence-corrected chi connectivity index (χ3v) is 9.85. The summed E-state index contributed by atoms with van der Waals surface area (Å²) in [7, 11) is 0. The third kappa shape index (κ3) is 3.60. The number of hydrogen-bond donors (Lipinski definition) is 0. The van der Waals surface area contributed by atoms with Crippen molar-refractivity contribution < 1.29 is 9.53 Å². The van der Waals surface area contributed by atoms with Gasteiger partial charge in [0, 0.05) is 6.92 Å². The SMILES string of the molecule is CC(=O)O[C@@H]1CC[C@@]2(C)[C@H](CC[C@H]3[C@H]4CC=C(C=Cc5ccccc5)[C@]4(C)CC[C@@H]32)C1. The summed E-state index contributed by atoms with van der Waals surface area (Å²) in [5.74, 6) is 3.11. The van der Waals surface area contributed by atoms with E-state index >= 15 is 0 Å². The minimum absolute atomic E-state index is 0.108. The van der Waals surface area contributed by atoms with Gasteiger partial charge in [0.15, 0.2) is 0 Å². The Labute approximate surface area is 188 Å². The van der Waals surface area contributed by atoms with E-state index in [2.05, 4.69) is 62.4 Å². The number of allylic oxidation sites excluding steroid dienone is 3. The van der Waals surface area contributed by atoms with Gasteiger partial charge in [0.25, 0.3) is 0 Å². The summed E-state index contributed by atoms with van der Waals surface area (Å²) >= 11 is 0. The number of rotatable bonds is 3. The minimum Gasteiger partial charge on any atom is -0.463 e. The Bertz CT molecular complexity index is 883. The van der Waals surface area contributed by atoms with Crippen molar-refractivity contribution >= 4 is 12.0 Å². The van der Waals surface area contributed by atoms with E-state index < -0.39 is 0 Å². The smallest absolute Gasteiger partial charge is 0.302 e. The van der Waals surface area contributed by atoms with Crippen LogP contribution in [0.3, 0.4) is 0 Å². The summed E-state index contributed by atoms with van der Waals surface area (Å²) < 4.78 is 5.63. The highest BCUT2D eigenvalue weighted by molar-refractivity contribution is 5.66. The minimum atomic E-state index is -0.108. The van der Waals surface area contributed by atoms with Crippen molar-refractivity contribution in [2.24, 2.45) is 34.5 Å². The first-order valence-electron chi connectivity index (χ1n) is 12.5. The molecule has 0 bridgehead atoms. The fourth-order valence-electron chi connectivity index (χ4n) is 8.17. The van der Waals surface area contributed by atoms with Crippen molar-refractivity contribution in [2.45, 2.75) is 78.2 Å². The molecule has 4 aliphatic rings. The Morgan fingerprint density at radius 2 is 1.81 bits per heavy atom. The van der Waals surface area contributed by atoms with Crippen LogP contribution in [-0.2, 0) is 9.53 Å². The Hall–Kier alpha value is -1.83. The largest absolute Gasteiger partial charge is 0.463 e. The molecule has 31 heavy (non-hydrogen) atoms.